The molecule has 0 bridgehead atoms. The van der Waals surface area contributed by atoms with E-state index in [2.05, 4.69) is 106 Å². The van der Waals surface area contributed by atoms with E-state index in [-0.39, 0.29) is 25.2 Å². The molecule has 0 radical (unpaired) electrons. The molecule has 5 nitrogen and oxygen atoms in total. The van der Waals surface area contributed by atoms with Crippen molar-refractivity contribution in [3.05, 3.63) is 85.1 Å². The van der Waals surface area contributed by atoms with Crippen LogP contribution in [0.1, 0.15) is 239 Å². The lowest BCUT2D eigenvalue weighted by molar-refractivity contribution is -0.163. The van der Waals surface area contributed by atoms with Crippen molar-refractivity contribution in [3.8, 4) is 0 Å². The first-order valence-electron chi connectivity index (χ1n) is 26.1. The molecule has 1 atom stereocenters. The molecule has 1 unspecified atom stereocenters. The van der Waals surface area contributed by atoms with Crippen LogP contribution in [0.25, 0.3) is 0 Å². The third-order valence-electron chi connectivity index (χ3n) is 10.9. The molecule has 0 aliphatic carbocycles. The number of hydrogen-bond donors (Lipinski definition) is 0. The summed E-state index contributed by atoms with van der Waals surface area (Å²) in [5.74, 6) is -0.428. The van der Waals surface area contributed by atoms with Crippen LogP contribution >= 0.6 is 0 Å². The molecule has 0 aliphatic heterocycles. The fourth-order valence-corrected chi connectivity index (χ4v) is 6.98. The van der Waals surface area contributed by atoms with Crippen molar-refractivity contribution >= 4 is 11.9 Å². The molecular formula is C57H98O5. The van der Waals surface area contributed by atoms with Crippen LogP contribution in [0.4, 0.5) is 0 Å². The molecule has 0 rings (SSSR count). The van der Waals surface area contributed by atoms with Crippen LogP contribution in [0.2, 0.25) is 0 Å². The molecule has 5 heteroatoms. The standard InChI is InChI=1S/C57H98O5/c1-4-7-10-13-16-19-22-24-26-28-30-32-34-37-40-43-46-49-52-60-53-55(62-57(59)51-48-45-42-39-35-21-18-15-12-9-6-3)54-61-56(58)50-47-44-41-38-36-33-31-29-27-25-23-20-17-14-11-8-5-2/h7,10,15-20,24-27,30,32,55H,4-6,8-9,11-14,21-23,28-29,31,33-54H2,1-3H3/b10-7-,18-15-,19-16-,20-17-,26-24-,27-25-,32-30-. The average molecular weight is 863 g/mol. The predicted octanol–water partition coefficient (Wildman–Crippen LogP) is 17.7. The zero-order valence-corrected chi connectivity index (χ0v) is 40.9. The SMILES string of the molecule is CC/C=C\C/C=C\C/C=C\C/C=C\CCCCCCCOCC(COC(=O)CCCCCCCCC/C=C\C/C=C\CCCCC)OC(=O)CCCCCCC/C=C\CCCC. The third kappa shape index (κ3) is 49.7. The summed E-state index contributed by atoms with van der Waals surface area (Å²) in [6.07, 6.45) is 68.7. The van der Waals surface area contributed by atoms with E-state index in [0.717, 1.165) is 96.3 Å². The van der Waals surface area contributed by atoms with Crippen molar-refractivity contribution in [3.63, 3.8) is 0 Å². The largest absolute Gasteiger partial charge is 0.462 e. The molecule has 0 fully saturated rings. The first-order valence-corrected chi connectivity index (χ1v) is 26.1. The van der Waals surface area contributed by atoms with E-state index in [9.17, 15) is 9.59 Å². The number of carbonyl (C=O) groups is 2. The van der Waals surface area contributed by atoms with Gasteiger partial charge in [0, 0.05) is 19.4 Å². The summed E-state index contributed by atoms with van der Waals surface area (Å²) in [6, 6.07) is 0. The molecule has 0 amide bonds. The first kappa shape index (κ1) is 59.1. The average Bonchev–Trinajstić information content (AvgIpc) is 3.27. The second-order valence-corrected chi connectivity index (χ2v) is 17.0. The number of rotatable bonds is 47. The summed E-state index contributed by atoms with van der Waals surface area (Å²) in [5.41, 5.74) is 0. The van der Waals surface area contributed by atoms with E-state index >= 15 is 0 Å². The zero-order chi connectivity index (χ0) is 44.9. The van der Waals surface area contributed by atoms with E-state index in [1.54, 1.807) is 0 Å². The Bertz CT molecular complexity index is 1160. The van der Waals surface area contributed by atoms with E-state index in [0.29, 0.717) is 19.4 Å². The molecule has 0 aromatic heterocycles. The number of hydrogen-bond acceptors (Lipinski definition) is 5. The molecule has 0 saturated heterocycles. The number of unbranched alkanes of at least 4 members (excludes halogenated alkanes) is 22. The Hall–Kier alpha value is -2.92. The molecule has 0 saturated carbocycles. The lowest BCUT2D eigenvalue weighted by atomic mass is 10.1. The van der Waals surface area contributed by atoms with Crippen molar-refractivity contribution in [2.24, 2.45) is 0 Å². The highest BCUT2D eigenvalue weighted by molar-refractivity contribution is 5.70. The summed E-state index contributed by atoms with van der Waals surface area (Å²) in [7, 11) is 0. The van der Waals surface area contributed by atoms with Crippen LogP contribution in [0.3, 0.4) is 0 Å². The van der Waals surface area contributed by atoms with Gasteiger partial charge >= 0.3 is 11.9 Å². The molecule has 0 aromatic carbocycles. The van der Waals surface area contributed by atoms with Crippen molar-refractivity contribution in [1.29, 1.82) is 0 Å². The fourth-order valence-electron chi connectivity index (χ4n) is 6.98. The lowest BCUT2D eigenvalue weighted by Gasteiger charge is -2.18. The normalized spacial score (nSPS) is 12.9. The molecule has 0 N–H and O–H groups in total. The Morgan fingerprint density at radius 3 is 1.23 bits per heavy atom. The highest BCUT2D eigenvalue weighted by atomic mass is 16.6. The number of ether oxygens (including phenoxy) is 3. The maximum absolute atomic E-state index is 12.8. The van der Waals surface area contributed by atoms with Gasteiger partial charge in [0.2, 0.25) is 0 Å². The van der Waals surface area contributed by atoms with Gasteiger partial charge in [-0.2, -0.15) is 0 Å². The Morgan fingerprint density at radius 1 is 0.371 bits per heavy atom. The highest BCUT2D eigenvalue weighted by Crippen LogP contribution is 2.13. The van der Waals surface area contributed by atoms with Crippen molar-refractivity contribution < 1.29 is 23.8 Å². The molecular weight excluding hydrogens is 765 g/mol. The maximum atomic E-state index is 12.8. The molecule has 0 heterocycles. The summed E-state index contributed by atoms with van der Waals surface area (Å²) in [5, 5.41) is 0. The molecule has 62 heavy (non-hydrogen) atoms. The highest BCUT2D eigenvalue weighted by Gasteiger charge is 2.17. The first-order chi connectivity index (χ1) is 30.6. The summed E-state index contributed by atoms with van der Waals surface area (Å²) >= 11 is 0. The van der Waals surface area contributed by atoms with E-state index in [1.807, 2.05) is 0 Å². The minimum absolute atomic E-state index is 0.0668. The molecule has 0 aliphatic rings. The fraction of sp³-hybridized carbons (Fsp3) is 0.719. The van der Waals surface area contributed by atoms with Crippen LogP contribution < -0.4 is 0 Å². The Labute approximate surface area is 384 Å². The van der Waals surface area contributed by atoms with E-state index in [1.165, 1.54) is 109 Å². The number of allylic oxidation sites excluding steroid dienone is 14. The van der Waals surface area contributed by atoms with Gasteiger partial charge in [-0.3, -0.25) is 9.59 Å². The zero-order valence-electron chi connectivity index (χ0n) is 40.9. The maximum Gasteiger partial charge on any atom is 0.306 e. The van der Waals surface area contributed by atoms with Gasteiger partial charge in [0.05, 0.1) is 6.61 Å². The molecule has 0 aromatic rings. The van der Waals surface area contributed by atoms with Crippen LogP contribution in [-0.2, 0) is 23.8 Å². The Morgan fingerprint density at radius 2 is 0.742 bits per heavy atom. The van der Waals surface area contributed by atoms with Gasteiger partial charge in [-0.05, 0) is 109 Å². The van der Waals surface area contributed by atoms with Gasteiger partial charge in [-0.15, -0.1) is 0 Å². The van der Waals surface area contributed by atoms with Gasteiger partial charge in [0.1, 0.15) is 6.61 Å². The third-order valence-corrected chi connectivity index (χ3v) is 10.9. The topological polar surface area (TPSA) is 61.8 Å². The number of carbonyl (C=O) groups excluding carboxylic acids is 2. The Balaban J connectivity index is 4.29. The van der Waals surface area contributed by atoms with Crippen LogP contribution in [0.15, 0.2) is 85.1 Å². The van der Waals surface area contributed by atoms with Crippen molar-refractivity contribution in [1.82, 2.24) is 0 Å². The second-order valence-electron chi connectivity index (χ2n) is 17.0. The smallest absolute Gasteiger partial charge is 0.306 e. The molecule has 0 spiro atoms. The van der Waals surface area contributed by atoms with Gasteiger partial charge < -0.3 is 14.2 Å². The predicted molar refractivity (Wildman–Crippen MR) is 270 cm³/mol. The minimum Gasteiger partial charge on any atom is -0.462 e. The minimum atomic E-state index is -0.557. The summed E-state index contributed by atoms with van der Waals surface area (Å²) in [4.78, 5) is 25.4. The summed E-state index contributed by atoms with van der Waals surface area (Å²) < 4.78 is 17.4. The Kier molecular flexibility index (Phi) is 50.0. The van der Waals surface area contributed by atoms with Crippen LogP contribution in [-0.4, -0.2) is 37.9 Å². The van der Waals surface area contributed by atoms with E-state index < -0.39 is 6.10 Å². The van der Waals surface area contributed by atoms with Gasteiger partial charge in [-0.25, -0.2) is 0 Å². The van der Waals surface area contributed by atoms with Crippen molar-refractivity contribution in [2.45, 2.75) is 245 Å². The summed E-state index contributed by atoms with van der Waals surface area (Å²) in [6.45, 7) is 7.60. The monoisotopic (exact) mass is 863 g/mol. The van der Waals surface area contributed by atoms with Gasteiger partial charge in [0.25, 0.3) is 0 Å². The number of esters is 2. The van der Waals surface area contributed by atoms with Gasteiger partial charge in [0.15, 0.2) is 6.10 Å². The van der Waals surface area contributed by atoms with E-state index in [4.69, 9.17) is 14.2 Å². The quantitative estimate of drug-likeness (QED) is 0.0346. The van der Waals surface area contributed by atoms with Gasteiger partial charge in [-0.1, -0.05) is 202 Å². The lowest BCUT2D eigenvalue weighted by Crippen LogP contribution is -2.30. The van der Waals surface area contributed by atoms with Crippen LogP contribution in [0.5, 0.6) is 0 Å². The van der Waals surface area contributed by atoms with Crippen molar-refractivity contribution in [2.75, 3.05) is 19.8 Å². The second kappa shape index (κ2) is 52.4. The van der Waals surface area contributed by atoms with Crippen LogP contribution in [0, 0.1) is 0 Å². The molecule has 356 valence electrons.